The lowest BCUT2D eigenvalue weighted by Gasteiger charge is -2.21. The van der Waals surface area contributed by atoms with Gasteiger partial charge in [-0.15, -0.1) is 0 Å². The summed E-state index contributed by atoms with van der Waals surface area (Å²) in [6.45, 7) is 0.549. The molecule has 3 rings (SSSR count). The van der Waals surface area contributed by atoms with Crippen LogP contribution in [0.4, 0.5) is 0 Å². The Bertz CT molecular complexity index is 765. The maximum Gasteiger partial charge on any atom is 0.294 e. The van der Waals surface area contributed by atoms with Crippen molar-refractivity contribution in [1.82, 2.24) is 15.3 Å². The molecular weight excluding hydrogens is 306 g/mol. The Morgan fingerprint density at radius 1 is 1.21 bits per heavy atom. The van der Waals surface area contributed by atoms with Crippen molar-refractivity contribution in [1.29, 1.82) is 0 Å². The van der Waals surface area contributed by atoms with E-state index in [1.54, 1.807) is 12.1 Å². The van der Waals surface area contributed by atoms with Crippen molar-refractivity contribution < 1.29 is 9.90 Å². The standard InChI is InChI=1S/C18H21N3O3/c22-15-14(17(23)19-11-12-7-3-1-4-8-12)20-16(21-18(15)24)13-9-5-2-6-10-13/h2,5-6,9-10,12,22H,1,3-4,7-8,11H2,(H,19,23)(H,20,21,24). The quantitative estimate of drug-likeness (QED) is 0.804. The average molecular weight is 327 g/mol. The highest BCUT2D eigenvalue weighted by Gasteiger charge is 2.20. The number of H-pyrrole nitrogens is 1. The zero-order valence-electron chi connectivity index (χ0n) is 13.4. The van der Waals surface area contributed by atoms with Crippen LogP contribution in [0.1, 0.15) is 42.6 Å². The molecular formula is C18H21N3O3. The monoisotopic (exact) mass is 327 g/mol. The van der Waals surface area contributed by atoms with E-state index in [2.05, 4.69) is 15.3 Å². The van der Waals surface area contributed by atoms with E-state index in [4.69, 9.17) is 0 Å². The second-order valence-electron chi connectivity index (χ2n) is 6.19. The molecule has 0 radical (unpaired) electrons. The Morgan fingerprint density at radius 2 is 1.92 bits per heavy atom. The molecule has 3 N–H and O–H groups in total. The van der Waals surface area contributed by atoms with E-state index in [1.165, 1.54) is 19.3 Å². The normalized spacial score (nSPS) is 15.2. The summed E-state index contributed by atoms with van der Waals surface area (Å²) < 4.78 is 0. The molecule has 126 valence electrons. The maximum atomic E-state index is 12.4. The highest BCUT2D eigenvalue weighted by atomic mass is 16.3. The third-order valence-corrected chi connectivity index (χ3v) is 4.43. The molecule has 6 nitrogen and oxygen atoms in total. The van der Waals surface area contributed by atoms with Crippen LogP contribution in [-0.2, 0) is 0 Å². The minimum absolute atomic E-state index is 0.228. The smallest absolute Gasteiger partial charge is 0.294 e. The molecule has 1 aliphatic carbocycles. The molecule has 24 heavy (non-hydrogen) atoms. The summed E-state index contributed by atoms with van der Waals surface area (Å²) in [5, 5.41) is 12.7. The number of aromatic hydroxyl groups is 1. The summed E-state index contributed by atoms with van der Waals surface area (Å²) >= 11 is 0. The van der Waals surface area contributed by atoms with Gasteiger partial charge in [0.1, 0.15) is 5.82 Å². The molecule has 1 aromatic carbocycles. The molecule has 0 bridgehead atoms. The lowest BCUT2D eigenvalue weighted by molar-refractivity contribution is 0.0935. The van der Waals surface area contributed by atoms with Crippen molar-refractivity contribution in [2.75, 3.05) is 6.54 Å². The number of aromatic amines is 1. The third-order valence-electron chi connectivity index (χ3n) is 4.43. The molecule has 1 fully saturated rings. The van der Waals surface area contributed by atoms with E-state index >= 15 is 0 Å². The Hall–Kier alpha value is -2.63. The first-order chi connectivity index (χ1) is 11.6. The van der Waals surface area contributed by atoms with Gasteiger partial charge in [-0.2, -0.15) is 0 Å². The topological polar surface area (TPSA) is 95.1 Å². The number of carbonyl (C=O) groups is 1. The van der Waals surface area contributed by atoms with Gasteiger partial charge in [-0.1, -0.05) is 49.6 Å². The molecule has 0 aliphatic heterocycles. The maximum absolute atomic E-state index is 12.4. The number of nitrogens with one attached hydrogen (secondary N) is 2. The fourth-order valence-corrected chi connectivity index (χ4v) is 3.07. The van der Waals surface area contributed by atoms with Crippen LogP contribution in [-0.4, -0.2) is 27.5 Å². The molecule has 1 aromatic heterocycles. The van der Waals surface area contributed by atoms with Gasteiger partial charge in [0.2, 0.25) is 5.75 Å². The Kier molecular flexibility index (Phi) is 4.93. The van der Waals surface area contributed by atoms with Crippen molar-refractivity contribution in [2.24, 2.45) is 5.92 Å². The summed E-state index contributed by atoms with van der Waals surface area (Å²) in [7, 11) is 0. The lowest BCUT2D eigenvalue weighted by atomic mass is 9.89. The minimum atomic E-state index is -0.716. The summed E-state index contributed by atoms with van der Waals surface area (Å²) in [6.07, 6.45) is 5.83. The van der Waals surface area contributed by atoms with E-state index in [9.17, 15) is 14.7 Å². The summed E-state index contributed by atoms with van der Waals surface area (Å²) in [4.78, 5) is 30.9. The van der Waals surface area contributed by atoms with Crippen LogP contribution in [0.25, 0.3) is 11.4 Å². The first-order valence-corrected chi connectivity index (χ1v) is 8.32. The zero-order valence-corrected chi connectivity index (χ0v) is 13.4. The van der Waals surface area contributed by atoms with Gasteiger partial charge in [0.15, 0.2) is 5.69 Å². The van der Waals surface area contributed by atoms with Crippen molar-refractivity contribution >= 4 is 5.91 Å². The molecule has 6 heteroatoms. The van der Waals surface area contributed by atoms with E-state index in [0.717, 1.165) is 12.8 Å². The predicted octanol–water partition coefficient (Wildman–Crippen LogP) is 2.45. The minimum Gasteiger partial charge on any atom is -0.501 e. The predicted molar refractivity (Wildman–Crippen MR) is 90.9 cm³/mol. The summed E-state index contributed by atoms with van der Waals surface area (Å²) in [5.74, 6) is -0.432. The van der Waals surface area contributed by atoms with Crippen molar-refractivity contribution in [3.63, 3.8) is 0 Å². The lowest BCUT2D eigenvalue weighted by Crippen LogP contribution is -2.32. The number of benzene rings is 1. The van der Waals surface area contributed by atoms with Gasteiger partial charge in [0.25, 0.3) is 11.5 Å². The average Bonchev–Trinajstić information content (AvgIpc) is 2.63. The first kappa shape index (κ1) is 16.2. The fourth-order valence-electron chi connectivity index (χ4n) is 3.07. The summed E-state index contributed by atoms with van der Waals surface area (Å²) in [6, 6.07) is 9.02. The molecule has 1 saturated carbocycles. The van der Waals surface area contributed by atoms with Gasteiger partial charge in [0.05, 0.1) is 0 Å². The van der Waals surface area contributed by atoms with Crippen LogP contribution in [0.2, 0.25) is 0 Å². The number of rotatable bonds is 4. The molecule has 0 saturated heterocycles. The van der Waals surface area contributed by atoms with Crippen LogP contribution >= 0.6 is 0 Å². The summed E-state index contributed by atoms with van der Waals surface area (Å²) in [5.41, 5.74) is -0.268. The molecule has 1 amide bonds. The van der Waals surface area contributed by atoms with Crippen molar-refractivity contribution in [2.45, 2.75) is 32.1 Å². The third kappa shape index (κ3) is 3.64. The van der Waals surface area contributed by atoms with Gasteiger partial charge < -0.3 is 15.4 Å². The number of hydrogen-bond donors (Lipinski definition) is 3. The van der Waals surface area contributed by atoms with Gasteiger partial charge in [0, 0.05) is 12.1 Å². The number of amides is 1. The van der Waals surface area contributed by atoms with E-state index < -0.39 is 17.2 Å². The van der Waals surface area contributed by atoms with Gasteiger partial charge in [-0.3, -0.25) is 9.59 Å². The van der Waals surface area contributed by atoms with Crippen molar-refractivity contribution in [3.8, 4) is 17.1 Å². The van der Waals surface area contributed by atoms with Crippen LogP contribution in [0.5, 0.6) is 5.75 Å². The Labute approximate surface area is 140 Å². The zero-order chi connectivity index (χ0) is 16.9. The Morgan fingerprint density at radius 3 is 2.62 bits per heavy atom. The second-order valence-corrected chi connectivity index (χ2v) is 6.19. The largest absolute Gasteiger partial charge is 0.501 e. The molecule has 2 aromatic rings. The fraction of sp³-hybridized carbons (Fsp3) is 0.389. The number of hydrogen-bond acceptors (Lipinski definition) is 4. The van der Waals surface area contributed by atoms with E-state index in [0.29, 0.717) is 18.0 Å². The van der Waals surface area contributed by atoms with Crippen LogP contribution in [0, 0.1) is 5.92 Å². The van der Waals surface area contributed by atoms with Crippen molar-refractivity contribution in [3.05, 3.63) is 46.4 Å². The molecule has 0 unspecified atom stereocenters. The molecule has 0 atom stereocenters. The molecule has 1 aliphatic rings. The van der Waals surface area contributed by atoms with Crippen LogP contribution < -0.4 is 10.9 Å². The van der Waals surface area contributed by atoms with Crippen LogP contribution in [0.15, 0.2) is 35.1 Å². The van der Waals surface area contributed by atoms with E-state index in [1.807, 2.05) is 18.2 Å². The van der Waals surface area contributed by atoms with Crippen LogP contribution in [0.3, 0.4) is 0 Å². The first-order valence-electron chi connectivity index (χ1n) is 8.32. The number of nitrogens with zero attached hydrogens (tertiary/aromatic N) is 1. The van der Waals surface area contributed by atoms with Gasteiger partial charge in [-0.05, 0) is 18.8 Å². The molecule has 1 heterocycles. The highest BCUT2D eigenvalue weighted by molar-refractivity contribution is 5.95. The second kappa shape index (κ2) is 7.29. The van der Waals surface area contributed by atoms with Gasteiger partial charge in [-0.25, -0.2) is 4.98 Å². The number of carbonyl (C=O) groups excluding carboxylic acids is 1. The highest BCUT2D eigenvalue weighted by Crippen LogP contribution is 2.23. The molecule has 0 spiro atoms. The number of aromatic nitrogens is 2. The Balaban J connectivity index is 1.80. The van der Waals surface area contributed by atoms with E-state index in [-0.39, 0.29) is 11.5 Å². The SMILES string of the molecule is O=C(NCC1CCCCC1)c1nc(-c2ccccc2)[nH]c(=O)c1O. The van der Waals surface area contributed by atoms with Gasteiger partial charge >= 0.3 is 0 Å².